The molecule has 0 radical (unpaired) electrons. The third-order valence-corrected chi connectivity index (χ3v) is 2.80. The van der Waals surface area contributed by atoms with Gasteiger partial charge in [-0.15, -0.1) is 0 Å². The number of nitrogens with one attached hydrogen (secondary N) is 3. The van der Waals surface area contributed by atoms with Crippen LogP contribution in [0, 0.1) is 13.8 Å². The number of aromatic amines is 1. The van der Waals surface area contributed by atoms with Crippen molar-refractivity contribution in [1.29, 1.82) is 0 Å². The van der Waals surface area contributed by atoms with Gasteiger partial charge in [0.15, 0.2) is 11.5 Å². The van der Waals surface area contributed by atoms with E-state index in [1.54, 1.807) is 19.9 Å². The molecule has 0 spiro atoms. The first-order valence-electron chi connectivity index (χ1n) is 5.92. The van der Waals surface area contributed by atoms with Crippen LogP contribution in [-0.2, 0) is 0 Å². The van der Waals surface area contributed by atoms with E-state index in [1.165, 1.54) is 12.7 Å². The van der Waals surface area contributed by atoms with Crippen LogP contribution in [0.15, 0.2) is 23.1 Å². The molecule has 1 amide bonds. The van der Waals surface area contributed by atoms with Crippen LogP contribution in [-0.4, -0.2) is 25.8 Å². The number of carbonyl (C=O) groups is 1. The second kappa shape index (κ2) is 4.65. The number of furan rings is 1. The molecule has 0 fully saturated rings. The Labute approximate surface area is 113 Å². The van der Waals surface area contributed by atoms with Crippen molar-refractivity contribution in [3.05, 3.63) is 35.8 Å². The molecule has 0 aromatic carbocycles. The Hall–Kier alpha value is -2.90. The monoisotopic (exact) mass is 272 g/mol. The van der Waals surface area contributed by atoms with Crippen molar-refractivity contribution in [2.75, 3.05) is 5.43 Å². The summed E-state index contributed by atoms with van der Waals surface area (Å²) in [6, 6.07) is 1.68. The van der Waals surface area contributed by atoms with Gasteiger partial charge in [-0.1, -0.05) is 0 Å². The molecule has 0 unspecified atom stereocenters. The number of H-pyrrole nitrogens is 1. The maximum Gasteiger partial charge on any atom is 0.273 e. The summed E-state index contributed by atoms with van der Waals surface area (Å²) < 4.78 is 5.32. The second-order valence-corrected chi connectivity index (χ2v) is 4.23. The fourth-order valence-corrected chi connectivity index (χ4v) is 1.90. The molecule has 102 valence electrons. The minimum atomic E-state index is -0.300. The maximum atomic E-state index is 12.0. The molecule has 0 aliphatic carbocycles. The maximum absolute atomic E-state index is 12.0. The van der Waals surface area contributed by atoms with Gasteiger partial charge in [0.1, 0.15) is 23.4 Å². The van der Waals surface area contributed by atoms with E-state index >= 15 is 0 Å². The number of rotatable bonds is 3. The zero-order valence-corrected chi connectivity index (χ0v) is 10.9. The molecular formula is C12H12N6O2. The Balaban J connectivity index is 1.78. The normalized spacial score (nSPS) is 10.7. The lowest BCUT2D eigenvalue weighted by Crippen LogP contribution is -2.30. The summed E-state index contributed by atoms with van der Waals surface area (Å²) in [6.45, 7) is 3.52. The third kappa shape index (κ3) is 2.07. The number of aryl methyl sites for hydroxylation is 2. The number of hydrogen-bond acceptors (Lipinski definition) is 6. The van der Waals surface area contributed by atoms with E-state index in [-0.39, 0.29) is 5.91 Å². The number of hydrazine groups is 1. The summed E-state index contributed by atoms with van der Waals surface area (Å²) in [7, 11) is 0. The summed E-state index contributed by atoms with van der Waals surface area (Å²) >= 11 is 0. The van der Waals surface area contributed by atoms with Gasteiger partial charge in [-0.25, -0.2) is 15.0 Å². The van der Waals surface area contributed by atoms with Crippen molar-refractivity contribution in [3.63, 3.8) is 0 Å². The standard InChI is InChI=1S/C12H12N6O2/c1-6-3-8(7(2)20-6)12(19)18-17-11-9-10(14-4-13-9)15-5-16-11/h3-5H,1-2H3,(H,18,19)(H2,13,14,15,16,17). The predicted octanol–water partition coefficient (Wildman–Crippen LogP) is 1.32. The third-order valence-electron chi connectivity index (χ3n) is 2.80. The molecule has 0 aliphatic rings. The molecule has 3 aromatic heterocycles. The molecule has 3 heterocycles. The molecule has 3 N–H and O–H groups in total. The zero-order valence-electron chi connectivity index (χ0n) is 10.9. The van der Waals surface area contributed by atoms with Gasteiger partial charge in [-0.3, -0.25) is 15.6 Å². The second-order valence-electron chi connectivity index (χ2n) is 4.23. The van der Waals surface area contributed by atoms with Crippen LogP contribution in [0.2, 0.25) is 0 Å². The fraction of sp³-hybridized carbons (Fsp3) is 0.167. The van der Waals surface area contributed by atoms with E-state index in [4.69, 9.17) is 4.42 Å². The largest absolute Gasteiger partial charge is 0.466 e. The molecule has 8 nitrogen and oxygen atoms in total. The van der Waals surface area contributed by atoms with E-state index in [9.17, 15) is 4.79 Å². The number of amides is 1. The summed E-state index contributed by atoms with van der Waals surface area (Å²) in [6.07, 6.45) is 2.88. The first-order valence-corrected chi connectivity index (χ1v) is 5.92. The van der Waals surface area contributed by atoms with Gasteiger partial charge in [0.05, 0.1) is 11.9 Å². The van der Waals surface area contributed by atoms with Gasteiger partial charge in [-0.2, -0.15) is 0 Å². The molecule has 0 aliphatic heterocycles. The average molecular weight is 272 g/mol. The Morgan fingerprint density at radius 3 is 2.90 bits per heavy atom. The number of hydrogen-bond donors (Lipinski definition) is 3. The Bertz CT molecular complexity index is 775. The molecular weight excluding hydrogens is 260 g/mol. The Morgan fingerprint density at radius 2 is 2.15 bits per heavy atom. The molecule has 0 saturated heterocycles. The molecule has 3 aromatic rings. The van der Waals surface area contributed by atoms with Crippen LogP contribution in [0.3, 0.4) is 0 Å². The van der Waals surface area contributed by atoms with E-state index in [2.05, 4.69) is 30.8 Å². The van der Waals surface area contributed by atoms with Gasteiger partial charge >= 0.3 is 0 Å². The first kappa shape index (κ1) is 12.2. The first-order chi connectivity index (χ1) is 9.65. The highest BCUT2D eigenvalue weighted by Crippen LogP contribution is 2.15. The zero-order chi connectivity index (χ0) is 14.1. The van der Waals surface area contributed by atoms with Crippen LogP contribution in [0.1, 0.15) is 21.9 Å². The lowest BCUT2D eigenvalue weighted by atomic mass is 10.2. The van der Waals surface area contributed by atoms with Crippen molar-refractivity contribution < 1.29 is 9.21 Å². The molecule has 0 saturated carbocycles. The van der Waals surface area contributed by atoms with Gasteiger partial charge in [0.2, 0.25) is 0 Å². The molecule has 0 atom stereocenters. The van der Waals surface area contributed by atoms with Crippen molar-refractivity contribution in [2.24, 2.45) is 0 Å². The van der Waals surface area contributed by atoms with Gasteiger partial charge in [0.25, 0.3) is 5.91 Å². The molecule has 0 bridgehead atoms. The van der Waals surface area contributed by atoms with Gasteiger partial charge < -0.3 is 9.40 Å². The van der Waals surface area contributed by atoms with Crippen molar-refractivity contribution >= 4 is 22.9 Å². The van der Waals surface area contributed by atoms with Gasteiger partial charge in [-0.05, 0) is 19.9 Å². The average Bonchev–Trinajstić information content (AvgIpc) is 3.02. The van der Waals surface area contributed by atoms with Crippen LogP contribution >= 0.6 is 0 Å². The number of anilines is 1. The summed E-state index contributed by atoms with van der Waals surface area (Å²) in [5.74, 6) is 1.39. The van der Waals surface area contributed by atoms with E-state index < -0.39 is 0 Å². The fourth-order valence-electron chi connectivity index (χ4n) is 1.90. The topological polar surface area (TPSA) is 109 Å². The predicted molar refractivity (Wildman–Crippen MR) is 71.0 cm³/mol. The molecule has 20 heavy (non-hydrogen) atoms. The summed E-state index contributed by atoms with van der Waals surface area (Å²) in [5, 5.41) is 0. The number of carbonyl (C=O) groups excluding carboxylic acids is 1. The van der Waals surface area contributed by atoms with Crippen LogP contribution < -0.4 is 10.9 Å². The van der Waals surface area contributed by atoms with E-state index in [0.29, 0.717) is 34.1 Å². The van der Waals surface area contributed by atoms with E-state index in [0.717, 1.165) is 0 Å². The van der Waals surface area contributed by atoms with Crippen LogP contribution in [0.5, 0.6) is 0 Å². The van der Waals surface area contributed by atoms with Crippen LogP contribution in [0.25, 0.3) is 11.2 Å². The lowest BCUT2D eigenvalue weighted by molar-refractivity contribution is 0.0961. The number of imidazole rings is 1. The summed E-state index contributed by atoms with van der Waals surface area (Å²) in [5.41, 5.74) is 6.92. The van der Waals surface area contributed by atoms with E-state index in [1.807, 2.05) is 0 Å². The quantitative estimate of drug-likeness (QED) is 0.620. The SMILES string of the molecule is Cc1cc(C(=O)NNc2ncnc3nc[nH]c23)c(C)o1. The number of nitrogens with zero attached hydrogens (tertiary/aromatic N) is 3. The number of fused-ring (bicyclic) bond motifs is 1. The van der Waals surface area contributed by atoms with Crippen LogP contribution in [0.4, 0.5) is 5.82 Å². The highest BCUT2D eigenvalue weighted by molar-refractivity contribution is 5.96. The van der Waals surface area contributed by atoms with Crippen molar-refractivity contribution in [3.8, 4) is 0 Å². The number of aromatic nitrogens is 4. The smallest absolute Gasteiger partial charge is 0.273 e. The highest BCUT2D eigenvalue weighted by atomic mass is 16.3. The molecule has 3 rings (SSSR count). The Kier molecular flexibility index (Phi) is 2.82. The Morgan fingerprint density at radius 1 is 1.30 bits per heavy atom. The summed E-state index contributed by atoms with van der Waals surface area (Å²) in [4.78, 5) is 27.0. The van der Waals surface area contributed by atoms with Crippen molar-refractivity contribution in [1.82, 2.24) is 25.4 Å². The highest BCUT2D eigenvalue weighted by Gasteiger charge is 2.14. The lowest BCUT2D eigenvalue weighted by Gasteiger charge is -2.07. The minimum absolute atomic E-state index is 0.300. The van der Waals surface area contributed by atoms with Crippen molar-refractivity contribution in [2.45, 2.75) is 13.8 Å². The van der Waals surface area contributed by atoms with Gasteiger partial charge in [0, 0.05) is 0 Å². The molecule has 8 heteroatoms. The minimum Gasteiger partial charge on any atom is -0.466 e.